The van der Waals surface area contributed by atoms with Gasteiger partial charge in [0.15, 0.2) is 10.1 Å². The molecule has 2 nitrogen and oxygen atoms in total. The smallest absolute Gasteiger partial charge is 0.195 e. The second-order valence-electron chi connectivity index (χ2n) is 1.99. The maximum Gasteiger partial charge on any atom is 0.195 e. The average molecular weight is 205 g/mol. The zero-order valence-electron chi connectivity index (χ0n) is 5.15. The van der Waals surface area contributed by atoms with Crippen LogP contribution >= 0.6 is 34.8 Å². The van der Waals surface area contributed by atoms with E-state index in [9.17, 15) is 0 Å². The molecule has 0 spiro atoms. The van der Waals surface area contributed by atoms with Gasteiger partial charge in [0.1, 0.15) is 0 Å². The second-order valence-corrected chi connectivity index (χ2v) is 4.51. The van der Waals surface area contributed by atoms with Crippen molar-refractivity contribution in [3.8, 4) is 0 Å². The number of hydrogen-bond acceptors (Lipinski definition) is 2. The normalized spacial score (nSPS) is 21.9. The Kier molecular flexibility index (Phi) is 3.07. The lowest BCUT2D eigenvalue weighted by Gasteiger charge is -2.14. The van der Waals surface area contributed by atoms with Gasteiger partial charge in [-0.25, -0.2) is 0 Å². The van der Waals surface area contributed by atoms with E-state index in [2.05, 4.69) is 0 Å². The zero-order chi connectivity index (χ0) is 7.61. The summed E-state index contributed by atoms with van der Waals surface area (Å²) in [4.78, 5) is 0. The van der Waals surface area contributed by atoms with Crippen molar-refractivity contribution in [1.82, 2.24) is 0 Å². The Morgan fingerprint density at radius 1 is 1.20 bits per heavy atom. The van der Waals surface area contributed by atoms with Crippen molar-refractivity contribution < 1.29 is 9.47 Å². The molecule has 5 heteroatoms. The summed E-state index contributed by atoms with van der Waals surface area (Å²) < 4.78 is 8.84. The van der Waals surface area contributed by atoms with E-state index >= 15 is 0 Å². The Bertz CT molecular complexity index is 106. The Hall–Kier alpha value is 0.790. The molecule has 0 bridgehead atoms. The molecule has 1 aliphatic heterocycles. The van der Waals surface area contributed by atoms with E-state index in [1.165, 1.54) is 0 Å². The molecule has 10 heavy (non-hydrogen) atoms. The molecule has 0 aliphatic carbocycles. The van der Waals surface area contributed by atoms with E-state index in [-0.39, 0.29) is 12.7 Å². The highest BCUT2D eigenvalue weighted by Crippen LogP contribution is 2.33. The van der Waals surface area contributed by atoms with Crippen LogP contribution in [0.15, 0.2) is 0 Å². The largest absolute Gasteiger partial charge is 0.350 e. The minimum Gasteiger partial charge on any atom is -0.350 e. The fourth-order valence-corrected chi connectivity index (χ4v) is 1.09. The molecular formula is C5H7Cl3O2. The van der Waals surface area contributed by atoms with Gasteiger partial charge in [-0.15, -0.1) is 0 Å². The molecule has 1 saturated heterocycles. The molecular weight excluding hydrogens is 198 g/mol. The van der Waals surface area contributed by atoms with Crippen LogP contribution in [0.5, 0.6) is 0 Å². The van der Waals surface area contributed by atoms with Gasteiger partial charge in [0.25, 0.3) is 0 Å². The molecule has 0 atom stereocenters. The number of hydrogen-bond donors (Lipinski definition) is 0. The Labute approximate surface area is 74.3 Å². The van der Waals surface area contributed by atoms with Crippen molar-refractivity contribution >= 4 is 34.8 Å². The number of halogens is 3. The predicted octanol–water partition coefficient (Wildman–Crippen LogP) is 2.12. The van der Waals surface area contributed by atoms with Gasteiger partial charge in [-0.05, 0) is 0 Å². The van der Waals surface area contributed by atoms with Gasteiger partial charge < -0.3 is 9.47 Å². The zero-order valence-corrected chi connectivity index (χ0v) is 7.42. The van der Waals surface area contributed by atoms with Crippen LogP contribution in [-0.2, 0) is 9.47 Å². The summed E-state index contributed by atoms with van der Waals surface area (Å²) in [5, 5.41) is 0. The Morgan fingerprint density at radius 2 is 1.70 bits per heavy atom. The Balaban J connectivity index is 2.24. The fraction of sp³-hybridized carbons (Fsp3) is 1.00. The molecule has 1 heterocycles. The first-order valence-electron chi connectivity index (χ1n) is 2.88. The molecule has 0 aromatic rings. The number of rotatable bonds is 1. The van der Waals surface area contributed by atoms with Gasteiger partial charge in [0, 0.05) is 6.42 Å². The third-order valence-electron chi connectivity index (χ3n) is 1.09. The summed E-state index contributed by atoms with van der Waals surface area (Å²) in [5.41, 5.74) is 0. The molecule has 1 aliphatic rings. The highest BCUT2D eigenvalue weighted by Gasteiger charge is 2.28. The molecule has 0 aromatic heterocycles. The van der Waals surface area contributed by atoms with Crippen molar-refractivity contribution in [1.29, 1.82) is 0 Å². The summed E-state index contributed by atoms with van der Waals surface area (Å²) in [6, 6.07) is 0. The molecule has 0 N–H and O–H groups in total. The van der Waals surface area contributed by atoms with Gasteiger partial charge in [-0.3, -0.25) is 0 Å². The van der Waals surface area contributed by atoms with Crippen molar-refractivity contribution in [2.75, 3.05) is 13.2 Å². The topological polar surface area (TPSA) is 18.5 Å². The van der Waals surface area contributed by atoms with Gasteiger partial charge in [0.05, 0.1) is 13.2 Å². The SMILES string of the molecule is ClC(Cl)(Cl)CC1OCCO1. The maximum absolute atomic E-state index is 5.48. The maximum atomic E-state index is 5.48. The highest BCUT2D eigenvalue weighted by atomic mass is 35.6. The standard InChI is InChI=1S/C5H7Cl3O2/c6-5(7,8)3-4-9-1-2-10-4/h4H,1-3H2. The van der Waals surface area contributed by atoms with Gasteiger partial charge in [0.2, 0.25) is 0 Å². The molecule has 1 rings (SSSR count). The predicted molar refractivity (Wildman–Crippen MR) is 40.6 cm³/mol. The molecule has 0 unspecified atom stereocenters. The first-order chi connectivity index (χ1) is 4.58. The third kappa shape index (κ3) is 3.26. The summed E-state index contributed by atoms with van der Waals surface area (Å²) >= 11 is 16.5. The van der Waals surface area contributed by atoms with E-state index in [4.69, 9.17) is 44.3 Å². The summed E-state index contributed by atoms with van der Waals surface area (Å²) in [5.74, 6) is 0. The summed E-state index contributed by atoms with van der Waals surface area (Å²) in [6.07, 6.45) is -0.0509. The molecule has 0 amide bonds. The van der Waals surface area contributed by atoms with Crippen molar-refractivity contribution in [3.05, 3.63) is 0 Å². The lowest BCUT2D eigenvalue weighted by molar-refractivity contribution is -0.0455. The van der Waals surface area contributed by atoms with Crippen LogP contribution in [0.2, 0.25) is 0 Å². The lowest BCUT2D eigenvalue weighted by Crippen LogP contribution is -2.16. The van der Waals surface area contributed by atoms with Gasteiger partial charge in [-0.1, -0.05) is 34.8 Å². The van der Waals surface area contributed by atoms with Crippen LogP contribution in [0.4, 0.5) is 0 Å². The lowest BCUT2D eigenvalue weighted by atomic mass is 10.5. The Morgan fingerprint density at radius 3 is 2.10 bits per heavy atom. The van der Waals surface area contributed by atoms with Crippen LogP contribution in [-0.4, -0.2) is 23.3 Å². The van der Waals surface area contributed by atoms with Crippen molar-refractivity contribution in [2.45, 2.75) is 16.5 Å². The van der Waals surface area contributed by atoms with E-state index in [0.717, 1.165) is 0 Å². The van der Waals surface area contributed by atoms with E-state index < -0.39 is 3.79 Å². The molecule has 0 aromatic carbocycles. The van der Waals surface area contributed by atoms with Crippen LogP contribution in [0, 0.1) is 0 Å². The quantitative estimate of drug-likeness (QED) is 0.611. The summed E-state index contributed by atoms with van der Waals surface area (Å²) in [7, 11) is 0. The van der Waals surface area contributed by atoms with E-state index in [1.54, 1.807) is 0 Å². The minimum atomic E-state index is -1.27. The first-order valence-corrected chi connectivity index (χ1v) is 4.01. The van der Waals surface area contributed by atoms with Crippen LogP contribution in [0.3, 0.4) is 0 Å². The monoisotopic (exact) mass is 204 g/mol. The van der Waals surface area contributed by atoms with Crippen LogP contribution in [0.25, 0.3) is 0 Å². The van der Waals surface area contributed by atoms with Gasteiger partial charge >= 0.3 is 0 Å². The van der Waals surface area contributed by atoms with Crippen molar-refractivity contribution in [3.63, 3.8) is 0 Å². The highest BCUT2D eigenvalue weighted by molar-refractivity contribution is 6.67. The van der Waals surface area contributed by atoms with E-state index in [0.29, 0.717) is 13.2 Å². The second kappa shape index (κ2) is 3.46. The molecule has 60 valence electrons. The number of alkyl halides is 3. The average Bonchev–Trinajstić information content (AvgIpc) is 2.12. The number of ether oxygens (including phenoxy) is 2. The molecule has 0 radical (unpaired) electrons. The fourth-order valence-electron chi connectivity index (χ4n) is 0.714. The summed E-state index contributed by atoms with van der Waals surface area (Å²) in [6.45, 7) is 1.18. The van der Waals surface area contributed by atoms with Crippen molar-refractivity contribution in [2.24, 2.45) is 0 Å². The minimum absolute atomic E-state index is 0.289. The molecule has 0 saturated carbocycles. The first kappa shape index (κ1) is 8.88. The van der Waals surface area contributed by atoms with E-state index in [1.807, 2.05) is 0 Å². The molecule has 1 fully saturated rings. The van der Waals surface area contributed by atoms with Crippen LogP contribution in [0.1, 0.15) is 6.42 Å². The van der Waals surface area contributed by atoms with Crippen LogP contribution < -0.4 is 0 Å². The third-order valence-corrected chi connectivity index (χ3v) is 1.55. The van der Waals surface area contributed by atoms with Gasteiger partial charge in [-0.2, -0.15) is 0 Å².